The number of anilines is 1. The second kappa shape index (κ2) is 11.0. The number of rotatable bonds is 5. The lowest BCUT2D eigenvalue weighted by Gasteiger charge is -2.37. The molecule has 3 aromatic rings. The molecule has 3 heterocycles. The first-order chi connectivity index (χ1) is 15.0. The largest absolute Gasteiger partial charge is 0.366 e. The lowest BCUT2D eigenvalue weighted by molar-refractivity contribution is 0.369. The fraction of sp³-hybridized carbons (Fsp3) is 0.381. The first-order valence-electron chi connectivity index (χ1n) is 10.1. The van der Waals surface area contributed by atoms with Crippen LogP contribution in [0.3, 0.4) is 0 Å². The summed E-state index contributed by atoms with van der Waals surface area (Å²) in [6.45, 7) is 5.41. The molecule has 0 bridgehead atoms. The Bertz CT molecular complexity index is 1050. The van der Waals surface area contributed by atoms with Crippen LogP contribution in [0.4, 0.5) is 14.5 Å². The van der Waals surface area contributed by atoms with Gasteiger partial charge in [-0.15, -0.1) is 45.5 Å². The molecule has 2 aromatic heterocycles. The molecule has 0 saturated carbocycles. The summed E-state index contributed by atoms with van der Waals surface area (Å²) in [7, 11) is 1.92. The van der Waals surface area contributed by atoms with E-state index in [1.807, 2.05) is 34.9 Å². The highest BCUT2D eigenvalue weighted by Crippen LogP contribution is 2.22. The Labute approximate surface area is 207 Å². The Morgan fingerprint density at radius 2 is 1.94 bits per heavy atom. The van der Waals surface area contributed by atoms with Crippen molar-refractivity contribution in [1.29, 1.82) is 0 Å². The zero-order chi connectivity index (χ0) is 21.8. The molecule has 4 rings (SSSR count). The Balaban J connectivity index is 0.00000289. The van der Waals surface area contributed by atoms with Crippen LogP contribution in [-0.2, 0) is 20.1 Å². The summed E-state index contributed by atoms with van der Waals surface area (Å²) < 4.78 is 29.7. The lowest BCUT2D eigenvalue weighted by atomic mass is 10.2. The molecule has 0 unspecified atom stereocenters. The second-order valence-electron chi connectivity index (χ2n) is 7.37. The van der Waals surface area contributed by atoms with E-state index in [9.17, 15) is 8.78 Å². The van der Waals surface area contributed by atoms with Crippen molar-refractivity contribution in [1.82, 2.24) is 25.0 Å². The molecule has 0 spiro atoms. The van der Waals surface area contributed by atoms with Gasteiger partial charge in [-0.25, -0.2) is 13.8 Å². The summed E-state index contributed by atoms with van der Waals surface area (Å²) in [6, 6.07) is 7.67. The number of nitrogens with zero attached hydrogens (tertiary/aromatic N) is 6. The maximum atomic E-state index is 14.2. The molecule has 7 nitrogen and oxygen atoms in total. The van der Waals surface area contributed by atoms with Gasteiger partial charge in [0.15, 0.2) is 11.8 Å². The Morgan fingerprint density at radius 3 is 2.59 bits per heavy atom. The second-order valence-corrected chi connectivity index (χ2v) is 8.40. The summed E-state index contributed by atoms with van der Waals surface area (Å²) in [4.78, 5) is 10.0. The SMILES string of the molecule is Cc1nnc(CN=C(NCc2cccs2)N2CCN(c3cc(F)ccc3F)CC2)n1C.I. The minimum Gasteiger partial charge on any atom is -0.366 e. The van der Waals surface area contributed by atoms with E-state index < -0.39 is 11.6 Å². The van der Waals surface area contributed by atoms with Crippen molar-refractivity contribution in [2.75, 3.05) is 31.1 Å². The minimum absolute atomic E-state index is 0. The number of halogens is 3. The van der Waals surface area contributed by atoms with Crippen LogP contribution in [0.1, 0.15) is 16.5 Å². The van der Waals surface area contributed by atoms with Gasteiger partial charge in [0.1, 0.15) is 24.0 Å². The topological polar surface area (TPSA) is 61.6 Å². The van der Waals surface area contributed by atoms with Crippen molar-refractivity contribution in [2.45, 2.75) is 20.0 Å². The fourth-order valence-electron chi connectivity index (χ4n) is 3.47. The van der Waals surface area contributed by atoms with Gasteiger partial charge >= 0.3 is 0 Å². The van der Waals surface area contributed by atoms with Crippen LogP contribution in [-0.4, -0.2) is 51.8 Å². The van der Waals surface area contributed by atoms with Crippen molar-refractivity contribution in [3.05, 3.63) is 63.9 Å². The Hall–Kier alpha value is -2.28. The number of nitrogens with one attached hydrogen (secondary N) is 1. The maximum Gasteiger partial charge on any atom is 0.194 e. The molecular formula is C21H26F2IN7S. The molecule has 0 atom stereocenters. The highest BCUT2D eigenvalue weighted by atomic mass is 127. The van der Waals surface area contributed by atoms with E-state index >= 15 is 0 Å². The first-order valence-corrected chi connectivity index (χ1v) is 11.0. The summed E-state index contributed by atoms with van der Waals surface area (Å²) in [5.41, 5.74) is 0.305. The monoisotopic (exact) mass is 573 g/mol. The van der Waals surface area contributed by atoms with E-state index in [1.165, 1.54) is 17.0 Å². The first kappa shape index (κ1) is 24.4. The Morgan fingerprint density at radius 1 is 1.16 bits per heavy atom. The summed E-state index contributed by atoms with van der Waals surface area (Å²) >= 11 is 1.68. The average Bonchev–Trinajstić information content (AvgIpc) is 3.41. The lowest BCUT2D eigenvalue weighted by Crippen LogP contribution is -2.52. The van der Waals surface area contributed by atoms with E-state index in [0.29, 0.717) is 45.0 Å². The summed E-state index contributed by atoms with van der Waals surface area (Å²) in [5.74, 6) is 1.56. The third-order valence-corrected chi connectivity index (χ3v) is 6.26. The number of thiophene rings is 1. The van der Waals surface area contributed by atoms with Crippen molar-refractivity contribution in [2.24, 2.45) is 12.0 Å². The molecule has 1 N–H and O–H groups in total. The van der Waals surface area contributed by atoms with Gasteiger partial charge in [-0.3, -0.25) is 0 Å². The van der Waals surface area contributed by atoms with E-state index in [0.717, 1.165) is 23.7 Å². The van der Waals surface area contributed by atoms with Gasteiger partial charge in [-0.1, -0.05) is 6.07 Å². The molecule has 1 aliphatic heterocycles. The molecule has 1 saturated heterocycles. The summed E-state index contributed by atoms with van der Waals surface area (Å²) in [5, 5.41) is 13.8. The van der Waals surface area contributed by atoms with Crippen LogP contribution in [0, 0.1) is 18.6 Å². The number of aryl methyl sites for hydroxylation is 1. The molecule has 1 aliphatic rings. The highest BCUT2D eigenvalue weighted by molar-refractivity contribution is 14.0. The standard InChI is InChI=1S/C21H25F2N7S.HI/c1-15-26-27-20(28(15)2)14-25-21(24-13-17-4-3-11-31-17)30-9-7-29(8-10-30)19-12-16(22)5-6-18(19)23;/h3-6,11-12H,7-10,13-14H2,1-2H3,(H,24,25);1H. The van der Waals surface area contributed by atoms with Gasteiger partial charge in [0.05, 0.1) is 12.2 Å². The Kier molecular flexibility index (Phi) is 8.40. The number of aliphatic imine (C=N–C) groups is 1. The summed E-state index contributed by atoms with van der Waals surface area (Å²) in [6.07, 6.45) is 0. The number of aromatic nitrogens is 3. The van der Waals surface area contributed by atoms with Gasteiger partial charge in [-0.2, -0.15) is 0 Å². The van der Waals surface area contributed by atoms with Crippen molar-refractivity contribution < 1.29 is 8.78 Å². The van der Waals surface area contributed by atoms with Crippen LogP contribution >= 0.6 is 35.3 Å². The molecule has 1 aromatic carbocycles. The zero-order valence-electron chi connectivity index (χ0n) is 18.0. The van der Waals surface area contributed by atoms with E-state index in [1.54, 1.807) is 11.3 Å². The quantitative estimate of drug-likeness (QED) is 0.288. The fourth-order valence-corrected chi connectivity index (χ4v) is 4.11. The molecule has 32 heavy (non-hydrogen) atoms. The number of benzene rings is 1. The van der Waals surface area contributed by atoms with Gasteiger partial charge < -0.3 is 19.7 Å². The number of hydrogen-bond donors (Lipinski definition) is 1. The van der Waals surface area contributed by atoms with Crippen LogP contribution < -0.4 is 10.2 Å². The van der Waals surface area contributed by atoms with E-state index in [-0.39, 0.29) is 24.0 Å². The molecule has 0 aliphatic carbocycles. The number of hydrogen-bond acceptors (Lipinski definition) is 5. The molecular weight excluding hydrogens is 547 g/mol. The smallest absolute Gasteiger partial charge is 0.194 e. The van der Waals surface area contributed by atoms with Gasteiger partial charge in [0.25, 0.3) is 0 Å². The highest BCUT2D eigenvalue weighted by Gasteiger charge is 2.22. The number of piperazine rings is 1. The van der Waals surface area contributed by atoms with Crippen molar-refractivity contribution >= 4 is 47.0 Å². The van der Waals surface area contributed by atoms with Gasteiger partial charge in [-0.05, 0) is 30.5 Å². The third-order valence-electron chi connectivity index (χ3n) is 5.38. The van der Waals surface area contributed by atoms with Crippen LogP contribution in [0.25, 0.3) is 0 Å². The van der Waals surface area contributed by atoms with Gasteiger partial charge in [0, 0.05) is 44.2 Å². The van der Waals surface area contributed by atoms with Crippen LogP contribution in [0.2, 0.25) is 0 Å². The van der Waals surface area contributed by atoms with Crippen LogP contribution in [0.15, 0.2) is 40.7 Å². The van der Waals surface area contributed by atoms with E-state index in [4.69, 9.17) is 4.99 Å². The maximum absolute atomic E-state index is 14.2. The predicted octanol–water partition coefficient (Wildman–Crippen LogP) is 3.55. The van der Waals surface area contributed by atoms with E-state index in [2.05, 4.69) is 26.5 Å². The molecule has 11 heteroatoms. The van der Waals surface area contributed by atoms with Crippen LogP contribution in [0.5, 0.6) is 0 Å². The molecule has 0 radical (unpaired) electrons. The molecule has 1 fully saturated rings. The van der Waals surface area contributed by atoms with Crippen molar-refractivity contribution in [3.8, 4) is 0 Å². The predicted molar refractivity (Wildman–Crippen MR) is 134 cm³/mol. The zero-order valence-corrected chi connectivity index (χ0v) is 21.1. The molecule has 172 valence electrons. The minimum atomic E-state index is -0.433. The average molecular weight is 573 g/mol. The third kappa shape index (κ3) is 5.74. The number of guanidine groups is 1. The molecule has 0 amide bonds. The van der Waals surface area contributed by atoms with Crippen molar-refractivity contribution in [3.63, 3.8) is 0 Å². The van der Waals surface area contributed by atoms with Gasteiger partial charge in [0.2, 0.25) is 0 Å². The normalized spacial score (nSPS) is 14.4.